The third-order valence-electron chi connectivity index (χ3n) is 3.89. The molecule has 130 valence electrons. The highest BCUT2D eigenvalue weighted by atomic mass is 16.5. The maximum absolute atomic E-state index is 10.1. The van der Waals surface area contributed by atoms with Crippen molar-refractivity contribution in [1.29, 1.82) is 0 Å². The molecular weight excluding hydrogens is 290 g/mol. The minimum absolute atomic E-state index is 0.106. The molecule has 4 heteroatoms. The molecule has 0 bridgehead atoms. The number of aromatic hydroxyl groups is 1. The Balaban J connectivity index is 2.45. The van der Waals surface area contributed by atoms with Crippen molar-refractivity contribution in [1.82, 2.24) is 0 Å². The highest BCUT2D eigenvalue weighted by Crippen LogP contribution is 2.26. The molecule has 0 spiro atoms. The van der Waals surface area contributed by atoms with Gasteiger partial charge in [0.1, 0.15) is 11.5 Å². The zero-order chi connectivity index (χ0) is 16.9. The molecule has 0 heterocycles. The van der Waals surface area contributed by atoms with E-state index in [1.165, 1.54) is 32.1 Å². The van der Waals surface area contributed by atoms with E-state index in [9.17, 15) is 10.3 Å². The van der Waals surface area contributed by atoms with Crippen molar-refractivity contribution >= 4 is 5.71 Å². The lowest BCUT2D eigenvalue weighted by Crippen LogP contribution is -2.03. The van der Waals surface area contributed by atoms with Gasteiger partial charge in [0.2, 0.25) is 0 Å². The molecule has 0 amide bonds. The third kappa shape index (κ3) is 7.40. The van der Waals surface area contributed by atoms with E-state index in [2.05, 4.69) is 12.1 Å². The van der Waals surface area contributed by atoms with Gasteiger partial charge in [-0.25, -0.2) is 0 Å². The predicted octanol–water partition coefficient (Wildman–Crippen LogP) is 5.50. The fourth-order valence-corrected chi connectivity index (χ4v) is 2.55. The summed E-state index contributed by atoms with van der Waals surface area (Å²) in [6.07, 6.45) is 10.1. The molecule has 0 atom stereocenters. The van der Waals surface area contributed by atoms with Gasteiger partial charge < -0.3 is 15.1 Å². The number of hydrogen-bond acceptors (Lipinski definition) is 4. The Kier molecular flexibility index (Phi) is 9.92. The Labute approximate surface area is 140 Å². The van der Waals surface area contributed by atoms with E-state index >= 15 is 0 Å². The van der Waals surface area contributed by atoms with Gasteiger partial charge in [-0.1, -0.05) is 57.5 Å². The first-order valence-electron chi connectivity index (χ1n) is 8.90. The van der Waals surface area contributed by atoms with Gasteiger partial charge in [-0.3, -0.25) is 0 Å². The smallest absolute Gasteiger partial charge is 0.128 e. The van der Waals surface area contributed by atoms with Crippen molar-refractivity contribution in [3.63, 3.8) is 0 Å². The maximum atomic E-state index is 10.1. The summed E-state index contributed by atoms with van der Waals surface area (Å²) in [5, 5.41) is 22.7. The highest BCUT2D eigenvalue weighted by molar-refractivity contribution is 6.02. The van der Waals surface area contributed by atoms with Crippen LogP contribution in [0.1, 0.15) is 77.2 Å². The number of rotatable bonds is 12. The van der Waals surface area contributed by atoms with E-state index in [1.54, 1.807) is 18.2 Å². The van der Waals surface area contributed by atoms with Gasteiger partial charge in [-0.2, -0.15) is 0 Å². The minimum Gasteiger partial charge on any atom is -0.507 e. The van der Waals surface area contributed by atoms with Crippen molar-refractivity contribution < 1.29 is 15.1 Å². The molecule has 0 saturated heterocycles. The third-order valence-corrected chi connectivity index (χ3v) is 3.89. The standard InChI is InChI=1S/C19H31NO3/c1-3-5-6-7-8-9-10-11-18(20-22)17-13-12-16(15-19(17)21)23-14-4-2/h12-13,15,21-22H,3-11,14H2,1-2H3/b20-18-. The number of hydrogen-bond donors (Lipinski definition) is 2. The van der Waals surface area contributed by atoms with E-state index in [0.29, 0.717) is 30.1 Å². The van der Waals surface area contributed by atoms with Crippen LogP contribution in [0, 0.1) is 0 Å². The van der Waals surface area contributed by atoms with Gasteiger partial charge >= 0.3 is 0 Å². The molecule has 0 fully saturated rings. The van der Waals surface area contributed by atoms with Gasteiger partial charge in [0.05, 0.1) is 12.3 Å². The molecule has 1 aromatic rings. The summed E-state index contributed by atoms with van der Waals surface area (Å²) in [5.74, 6) is 0.746. The average Bonchev–Trinajstić information content (AvgIpc) is 2.56. The number of oxime groups is 1. The lowest BCUT2D eigenvalue weighted by Gasteiger charge is -2.10. The molecule has 1 aromatic carbocycles. The largest absolute Gasteiger partial charge is 0.507 e. The molecule has 0 aromatic heterocycles. The predicted molar refractivity (Wildman–Crippen MR) is 94.8 cm³/mol. The van der Waals surface area contributed by atoms with Crippen molar-refractivity contribution in [2.75, 3.05) is 6.61 Å². The lowest BCUT2D eigenvalue weighted by atomic mass is 10.0. The molecule has 0 radical (unpaired) electrons. The monoisotopic (exact) mass is 321 g/mol. The van der Waals surface area contributed by atoms with Gasteiger partial charge in [0, 0.05) is 11.6 Å². The fraction of sp³-hybridized carbons (Fsp3) is 0.632. The second-order valence-corrected chi connectivity index (χ2v) is 5.95. The molecule has 0 unspecified atom stereocenters. The zero-order valence-electron chi connectivity index (χ0n) is 14.6. The number of nitrogens with zero attached hydrogens (tertiary/aromatic N) is 1. The molecule has 0 aliphatic rings. The second-order valence-electron chi connectivity index (χ2n) is 5.95. The average molecular weight is 321 g/mol. The number of phenols is 1. The summed E-state index contributed by atoms with van der Waals surface area (Å²) >= 11 is 0. The van der Waals surface area contributed by atoms with Crippen LogP contribution in [-0.2, 0) is 0 Å². The quantitative estimate of drug-likeness (QED) is 0.231. The van der Waals surface area contributed by atoms with Gasteiger partial charge in [-0.05, 0) is 31.4 Å². The first-order valence-corrected chi connectivity index (χ1v) is 8.90. The molecule has 2 N–H and O–H groups in total. The fourth-order valence-electron chi connectivity index (χ4n) is 2.55. The molecular formula is C19H31NO3. The molecule has 0 aliphatic carbocycles. The SMILES string of the molecule is CCCCCCCCC/C(=N/O)c1ccc(OCCC)cc1O. The number of ether oxygens (including phenoxy) is 1. The van der Waals surface area contributed by atoms with Crippen molar-refractivity contribution in [3.8, 4) is 11.5 Å². The second kappa shape index (κ2) is 11.8. The van der Waals surface area contributed by atoms with Crippen LogP contribution in [0.5, 0.6) is 11.5 Å². The minimum atomic E-state index is 0.106. The van der Waals surface area contributed by atoms with E-state index in [0.717, 1.165) is 19.3 Å². The van der Waals surface area contributed by atoms with E-state index in [4.69, 9.17) is 4.74 Å². The van der Waals surface area contributed by atoms with Crippen molar-refractivity contribution in [2.24, 2.45) is 5.16 Å². The summed E-state index contributed by atoms with van der Waals surface area (Å²) in [4.78, 5) is 0. The van der Waals surface area contributed by atoms with Crippen LogP contribution in [0.15, 0.2) is 23.4 Å². The number of unbranched alkanes of at least 4 members (excludes halogenated alkanes) is 6. The Hall–Kier alpha value is -1.71. The summed E-state index contributed by atoms with van der Waals surface area (Å²) in [6, 6.07) is 5.15. The van der Waals surface area contributed by atoms with E-state index in [-0.39, 0.29) is 5.75 Å². The van der Waals surface area contributed by atoms with Crippen molar-refractivity contribution in [2.45, 2.75) is 71.6 Å². The van der Waals surface area contributed by atoms with Crippen LogP contribution in [-0.4, -0.2) is 22.6 Å². The van der Waals surface area contributed by atoms with Crippen LogP contribution in [0.3, 0.4) is 0 Å². The van der Waals surface area contributed by atoms with Crippen LogP contribution >= 0.6 is 0 Å². The summed E-state index contributed by atoms with van der Waals surface area (Å²) in [6.45, 7) is 4.87. The van der Waals surface area contributed by atoms with Gasteiger partial charge in [0.25, 0.3) is 0 Å². The highest BCUT2D eigenvalue weighted by Gasteiger charge is 2.11. The first kappa shape index (κ1) is 19.3. The molecule has 0 aliphatic heterocycles. The molecule has 1 rings (SSSR count). The van der Waals surface area contributed by atoms with Gasteiger partial charge in [0.15, 0.2) is 0 Å². The summed E-state index contributed by atoms with van der Waals surface area (Å²) in [5.41, 5.74) is 1.13. The Morgan fingerprint density at radius 3 is 2.30 bits per heavy atom. The molecule has 23 heavy (non-hydrogen) atoms. The Bertz CT molecular complexity index is 472. The zero-order valence-corrected chi connectivity index (χ0v) is 14.6. The van der Waals surface area contributed by atoms with E-state index < -0.39 is 0 Å². The van der Waals surface area contributed by atoms with Crippen molar-refractivity contribution in [3.05, 3.63) is 23.8 Å². The maximum Gasteiger partial charge on any atom is 0.128 e. The van der Waals surface area contributed by atoms with Crippen LogP contribution < -0.4 is 4.74 Å². The van der Waals surface area contributed by atoms with Crippen LogP contribution in [0.25, 0.3) is 0 Å². The number of phenolic OH excluding ortho intramolecular Hbond substituents is 1. The molecule has 4 nitrogen and oxygen atoms in total. The summed E-state index contributed by atoms with van der Waals surface area (Å²) < 4.78 is 5.49. The summed E-state index contributed by atoms with van der Waals surface area (Å²) in [7, 11) is 0. The first-order chi connectivity index (χ1) is 11.2. The normalized spacial score (nSPS) is 11.7. The Morgan fingerprint density at radius 1 is 1.00 bits per heavy atom. The van der Waals surface area contributed by atoms with Crippen LogP contribution in [0.2, 0.25) is 0 Å². The topological polar surface area (TPSA) is 62.1 Å². The molecule has 0 saturated carbocycles. The Morgan fingerprint density at radius 2 is 1.70 bits per heavy atom. The van der Waals surface area contributed by atoms with Gasteiger partial charge in [-0.15, -0.1) is 0 Å². The van der Waals surface area contributed by atoms with E-state index in [1.807, 2.05) is 6.92 Å². The number of benzene rings is 1. The lowest BCUT2D eigenvalue weighted by molar-refractivity contribution is 0.314. The van der Waals surface area contributed by atoms with Crippen LogP contribution in [0.4, 0.5) is 0 Å².